The molecule has 20 heavy (non-hydrogen) atoms. The number of amides is 1. The zero-order valence-corrected chi connectivity index (χ0v) is 11.0. The van der Waals surface area contributed by atoms with Crippen LogP contribution in [0.4, 0.5) is 4.39 Å². The number of carbonyl (C=O) groups is 2. The summed E-state index contributed by atoms with van der Waals surface area (Å²) in [7, 11) is 0. The Kier molecular flexibility index (Phi) is 4.34. The maximum absolute atomic E-state index is 13.1. The van der Waals surface area contributed by atoms with Crippen LogP contribution in [0.2, 0.25) is 0 Å². The normalized spacial score (nSPS) is 23.3. The number of carboxylic acid groups (broad SMARTS) is 1. The highest BCUT2D eigenvalue weighted by Crippen LogP contribution is 2.21. The number of nitrogens with one attached hydrogen (secondary N) is 1. The predicted octanol–water partition coefficient (Wildman–Crippen LogP) is 1.64. The van der Waals surface area contributed by atoms with Gasteiger partial charge >= 0.3 is 5.97 Å². The quantitative estimate of drug-likeness (QED) is 0.879. The molecule has 0 unspecified atom stereocenters. The number of aliphatic carboxylic acids is 1. The number of halogens is 1. The van der Waals surface area contributed by atoms with E-state index in [-0.39, 0.29) is 17.8 Å². The van der Waals surface area contributed by atoms with Crippen molar-refractivity contribution >= 4 is 11.9 Å². The molecule has 3 atom stereocenters. The second-order valence-electron chi connectivity index (χ2n) is 4.81. The Bertz CT molecular complexity index is 520. The molecule has 0 radical (unpaired) electrons. The Morgan fingerprint density at radius 2 is 2.10 bits per heavy atom. The predicted molar refractivity (Wildman–Crippen MR) is 68.5 cm³/mol. The van der Waals surface area contributed by atoms with E-state index in [1.165, 1.54) is 12.1 Å². The Morgan fingerprint density at radius 3 is 2.70 bits per heavy atom. The van der Waals surface area contributed by atoms with Crippen LogP contribution < -0.4 is 5.32 Å². The Morgan fingerprint density at radius 1 is 1.40 bits per heavy atom. The maximum atomic E-state index is 13.1. The van der Waals surface area contributed by atoms with Gasteiger partial charge in [0.25, 0.3) is 0 Å². The fourth-order valence-electron chi connectivity index (χ4n) is 2.18. The number of hydrogen-bond acceptors (Lipinski definition) is 3. The molecule has 108 valence electrons. The average molecular weight is 281 g/mol. The van der Waals surface area contributed by atoms with Crippen molar-refractivity contribution in [3.8, 4) is 0 Å². The van der Waals surface area contributed by atoms with Crippen molar-refractivity contribution in [1.82, 2.24) is 5.32 Å². The number of carboxylic acids is 1. The summed E-state index contributed by atoms with van der Waals surface area (Å²) in [6, 6.07) is 5.59. The molecule has 1 aliphatic heterocycles. The number of hydrogen-bond donors (Lipinski definition) is 2. The summed E-state index contributed by atoms with van der Waals surface area (Å²) in [6.45, 7) is 1.73. The molecule has 1 fully saturated rings. The van der Waals surface area contributed by atoms with Gasteiger partial charge in [-0.1, -0.05) is 12.1 Å². The third-order valence-corrected chi connectivity index (χ3v) is 3.29. The molecule has 1 aliphatic rings. The largest absolute Gasteiger partial charge is 0.479 e. The molecule has 0 aliphatic carbocycles. The lowest BCUT2D eigenvalue weighted by Crippen LogP contribution is -2.37. The van der Waals surface area contributed by atoms with E-state index in [2.05, 4.69) is 5.32 Å². The van der Waals surface area contributed by atoms with Gasteiger partial charge in [-0.3, -0.25) is 4.79 Å². The molecule has 1 aromatic rings. The standard InChI is InChI=1S/C14H16FNO4/c1-8(9-3-2-4-10(15)7-9)16-13(17)11-5-6-12(20-11)14(18)19/h2-4,7-8,11-12H,5-6H2,1H3,(H,16,17)(H,18,19)/t8-,11-,12+/m0/s1. The SMILES string of the molecule is C[C@H](NC(=O)[C@@H]1CC[C@H](C(=O)O)O1)c1cccc(F)c1. The highest BCUT2D eigenvalue weighted by Gasteiger charge is 2.35. The molecule has 0 bridgehead atoms. The van der Waals surface area contributed by atoms with Crippen LogP contribution in [0.1, 0.15) is 31.4 Å². The van der Waals surface area contributed by atoms with Crippen molar-refractivity contribution in [3.05, 3.63) is 35.6 Å². The summed E-state index contributed by atoms with van der Waals surface area (Å²) in [5.41, 5.74) is 0.645. The number of ether oxygens (including phenoxy) is 1. The fraction of sp³-hybridized carbons (Fsp3) is 0.429. The lowest BCUT2D eigenvalue weighted by atomic mass is 10.1. The first kappa shape index (κ1) is 14.5. The number of rotatable bonds is 4. The Balaban J connectivity index is 1.93. The van der Waals surface area contributed by atoms with Crippen molar-refractivity contribution in [2.24, 2.45) is 0 Å². The molecule has 6 heteroatoms. The molecule has 0 saturated carbocycles. The zero-order chi connectivity index (χ0) is 14.7. The van der Waals surface area contributed by atoms with Gasteiger partial charge in [0.05, 0.1) is 6.04 Å². The monoisotopic (exact) mass is 281 g/mol. The van der Waals surface area contributed by atoms with Crippen molar-refractivity contribution in [2.75, 3.05) is 0 Å². The molecule has 5 nitrogen and oxygen atoms in total. The van der Waals surface area contributed by atoms with Gasteiger partial charge in [0, 0.05) is 0 Å². The van der Waals surface area contributed by atoms with Crippen LogP contribution >= 0.6 is 0 Å². The van der Waals surface area contributed by atoms with Crippen molar-refractivity contribution < 1.29 is 23.8 Å². The third-order valence-electron chi connectivity index (χ3n) is 3.29. The molecule has 0 spiro atoms. The van der Waals surface area contributed by atoms with Gasteiger partial charge in [-0.15, -0.1) is 0 Å². The Hall–Kier alpha value is -1.95. The summed E-state index contributed by atoms with van der Waals surface area (Å²) in [5, 5.41) is 11.5. The van der Waals surface area contributed by atoms with Crippen LogP contribution in [0.15, 0.2) is 24.3 Å². The minimum Gasteiger partial charge on any atom is -0.479 e. The van der Waals surface area contributed by atoms with E-state index in [1.807, 2.05) is 0 Å². The smallest absolute Gasteiger partial charge is 0.332 e. The summed E-state index contributed by atoms with van der Waals surface area (Å²) >= 11 is 0. The summed E-state index contributed by atoms with van der Waals surface area (Å²) < 4.78 is 18.3. The van der Waals surface area contributed by atoms with Crippen LogP contribution in [0.3, 0.4) is 0 Å². The average Bonchev–Trinajstić information content (AvgIpc) is 2.88. The fourth-order valence-corrected chi connectivity index (χ4v) is 2.18. The van der Waals surface area contributed by atoms with E-state index in [4.69, 9.17) is 9.84 Å². The summed E-state index contributed by atoms with van der Waals surface area (Å²) in [5.74, 6) is -1.80. The first-order valence-electron chi connectivity index (χ1n) is 6.41. The van der Waals surface area contributed by atoms with Gasteiger partial charge in [-0.05, 0) is 37.5 Å². The van der Waals surface area contributed by atoms with E-state index >= 15 is 0 Å². The van der Waals surface area contributed by atoms with Gasteiger partial charge in [-0.2, -0.15) is 0 Å². The van der Waals surface area contributed by atoms with Crippen LogP contribution in [-0.2, 0) is 14.3 Å². The van der Waals surface area contributed by atoms with E-state index < -0.39 is 18.2 Å². The topological polar surface area (TPSA) is 75.6 Å². The van der Waals surface area contributed by atoms with Crippen LogP contribution in [0, 0.1) is 5.82 Å². The van der Waals surface area contributed by atoms with Crippen molar-refractivity contribution in [3.63, 3.8) is 0 Å². The van der Waals surface area contributed by atoms with Crippen molar-refractivity contribution in [2.45, 2.75) is 38.0 Å². The lowest BCUT2D eigenvalue weighted by molar-refractivity contribution is -0.151. The van der Waals surface area contributed by atoms with Gasteiger partial charge in [-0.25, -0.2) is 9.18 Å². The molecule has 1 heterocycles. The van der Waals surface area contributed by atoms with E-state index in [9.17, 15) is 14.0 Å². The second-order valence-corrected chi connectivity index (χ2v) is 4.81. The molecular formula is C14H16FNO4. The zero-order valence-electron chi connectivity index (χ0n) is 11.0. The van der Waals surface area contributed by atoms with Crippen LogP contribution in [0.5, 0.6) is 0 Å². The molecule has 2 rings (SSSR count). The molecule has 1 aromatic carbocycles. The molecule has 1 saturated heterocycles. The van der Waals surface area contributed by atoms with Gasteiger partial charge in [0.1, 0.15) is 11.9 Å². The maximum Gasteiger partial charge on any atom is 0.332 e. The molecule has 0 aromatic heterocycles. The number of benzene rings is 1. The highest BCUT2D eigenvalue weighted by atomic mass is 19.1. The summed E-state index contributed by atoms with van der Waals surface area (Å²) in [6.07, 6.45) is -0.984. The highest BCUT2D eigenvalue weighted by molar-refractivity contribution is 5.82. The molecule has 1 amide bonds. The molecule has 2 N–H and O–H groups in total. The van der Waals surface area contributed by atoms with Gasteiger partial charge in [0.2, 0.25) is 5.91 Å². The first-order valence-corrected chi connectivity index (χ1v) is 6.41. The summed E-state index contributed by atoms with van der Waals surface area (Å²) in [4.78, 5) is 22.7. The minimum atomic E-state index is -1.06. The first-order chi connectivity index (χ1) is 9.47. The van der Waals surface area contributed by atoms with E-state index in [0.717, 1.165) is 0 Å². The Labute approximate surface area is 115 Å². The third kappa shape index (κ3) is 3.33. The second kappa shape index (κ2) is 6.00. The van der Waals surface area contributed by atoms with E-state index in [1.54, 1.807) is 19.1 Å². The molecular weight excluding hydrogens is 265 g/mol. The van der Waals surface area contributed by atoms with Crippen LogP contribution in [-0.4, -0.2) is 29.2 Å². The van der Waals surface area contributed by atoms with Gasteiger partial charge < -0.3 is 15.2 Å². The minimum absolute atomic E-state index is 0.321. The number of carbonyl (C=O) groups excluding carboxylic acids is 1. The van der Waals surface area contributed by atoms with E-state index in [0.29, 0.717) is 18.4 Å². The van der Waals surface area contributed by atoms with Crippen LogP contribution in [0.25, 0.3) is 0 Å². The van der Waals surface area contributed by atoms with Crippen molar-refractivity contribution in [1.29, 1.82) is 0 Å². The van der Waals surface area contributed by atoms with Gasteiger partial charge in [0.15, 0.2) is 6.10 Å². The lowest BCUT2D eigenvalue weighted by Gasteiger charge is -2.17.